The third-order valence-electron chi connectivity index (χ3n) is 5.36. The van der Waals surface area contributed by atoms with Gasteiger partial charge in [-0.05, 0) is 42.2 Å². The predicted molar refractivity (Wildman–Crippen MR) is 119 cm³/mol. The lowest BCUT2D eigenvalue weighted by molar-refractivity contribution is 0.902. The smallest absolute Gasteiger partial charge is 0.274 e. The molecule has 1 aromatic heterocycles. The zero-order chi connectivity index (χ0) is 21.4. The normalized spacial score (nSPS) is 16.2. The first kappa shape index (κ1) is 19.4. The summed E-state index contributed by atoms with van der Waals surface area (Å²) in [6, 6.07) is 19.8. The molecule has 2 aromatic carbocycles. The first-order valence-electron chi connectivity index (χ1n) is 9.37. The third-order valence-corrected chi connectivity index (χ3v) is 6.47. The standard InChI is InChI=1S/C24H18N4OS/c1-14-7-3-5-9-16(14)11-20-23(29)28-22(27)18(12-25)21(19(13-26)24(28)30-20)17-10-6-4-8-15(17)2/h3-11,21H,27H2,1-2H3/b20-11-/t21-/m1/s1. The van der Waals surface area contributed by atoms with Crippen LogP contribution in [0.5, 0.6) is 0 Å². The maximum absolute atomic E-state index is 13.2. The van der Waals surface area contributed by atoms with E-state index in [1.54, 1.807) is 0 Å². The molecule has 0 unspecified atom stereocenters. The number of nitrogens with zero attached hydrogens (tertiary/aromatic N) is 3. The fourth-order valence-electron chi connectivity index (χ4n) is 3.76. The number of aromatic nitrogens is 1. The van der Waals surface area contributed by atoms with Crippen molar-refractivity contribution in [1.82, 2.24) is 4.57 Å². The van der Waals surface area contributed by atoms with Gasteiger partial charge in [-0.1, -0.05) is 48.5 Å². The van der Waals surface area contributed by atoms with Crippen molar-refractivity contribution in [2.24, 2.45) is 5.73 Å². The summed E-state index contributed by atoms with van der Waals surface area (Å²) in [6.45, 7) is 3.91. The van der Waals surface area contributed by atoms with Crippen molar-refractivity contribution >= 4 is 28.8 Å². The molecular formula is C24H18N4OS. The van der Waals surface area contributed by atoms with Gasteiger partial charge in [0.15, 0.2) is 0 Å². The number of aryl methyl sites for hydroxylation is 2. The Bertz CT molecular complexity index is 1470. The average molecular weight is 411 g/mol. The summed E-state index contributed by atoms with van der Waals surface area (Å²) in [4.78, 5) is 13.2. The molecule has 1 atom stereocenters. The molecule has 1 aliphatic rings. The molecular weight excluding hydrogens is 392 g/mol. The molecule has 1 aliphatic heterocycles. The van der Waals surface area contributed by atoms with Gasteiger partial charge in [-0.25, -0.2) is 0 Å². The molecule has 0 saturated heterocycles. The molecule has 0 bridgehead atoms. The molecule has 5 nitrogen and oxygen atoms in total. The second kappa shape index (κ2) is 7.51. The monoisotopic (exact) mass is 410 g/mol. The highest BCUT2D eigenvalue weighted by atomic mass is 32.1. The van der Waals surface area contributed by atoms with Crippen LogP contribution in [0.1, 0.15) is 28.2 Å². The Morgan fingerprint density at radius 1 is 1.00 bits per heavy atom. The molecule has 0 amide bonds. The SMILES string of the molecule is Cc1ccccc1/C=c1\sc2n(c1=O)C(N)=C(C#N)[C@@H](c1ccccc1C)C=2C#N. The van der Waals surface area contributed by atoms with Crippen molar-refractivity contribution in [3.63, 3.8) is 0 Å². The topological polar surface area (TPSA) is 95.6 Å². The molecule has 0 saturated carbocycles. The van der Waals surface area contributed by atoms with Crippen LogP contribution in [-0.4, -0.2) is 4.57 Å². The minimum atomic E-state index is -0.592. The van der Waals surface area contributed by atoms with Gasteiger partial charge in [0.1, 0.15) is 10.5 Å². The Morgan fingerprint density at radius 3 is 2.27 bits per heavy atom. The fourth-order valence-corrected chi connectivity index (χ4v) is 4.88. The van der Waals surface area contributed by atoms with Crippen LogP contribution in [0.4, 0.5) is 0 Å². The molecule has 0 fully saturated rings. The van der Waals surface area contributed by atoms with Crippen LogP contribution in [0.3, 0.4) is 0 Å². The minimum Gasteiger partial charge on any atom is -0.384 e. The highest BCUT2D eigenvalue weighted by Crippen LogP contribution is 2.36. The largest absolute Gasteiger partial charge is 0.384 e. The van der Waals surface area contributed by atoms with E-state index in [0.29, 0.717) is 14.8 Å². The van der Waals surface area contributed by atoms with Gasteiger partial charge in [-0.2, -0.15) is 10.5 Å². The van der Waals surface area contributed by atoms with Crippen LogP contribution < -0.4 is 20.5 Å². The van der Waals surface area contributed by atoms with Crippen LogP contribution in [0, 0.1) is 36.5 Å². The molecule has 0 radical (unpaired) electrons. The second-order valence-electron chi connectivity index (χ2n) is 7.14. The highest BCUT2D eigenvalue weighted by molar-refractivity contribution is 7.07. The number of benzene rings is 2. The number of nitriles is 2. The summed E-state index contributed by atoms with van der Waals surface area (Å²) in [5.41, 5.74) is 10.3. The minimum absolute atomic E-state index is 0.0884. The maximum atomic E-state index is 13.2. The van der Waals surface area contributed by atoms with Crippen LogP contribution in [0.25, 0.3) is 17.5 Å². The number of allylic oxidation sites excluding steroid dienone is 1. The molecule has 2 N–H and O–H groups in total. The Kier molecular flexibility index (Phi) is 4.87. The number of hydrogen-bond acceptors (Lipinski definition) is 5. The van der Waals surface area contributed by atoms with Crippen molar-refractivity contribution in [3.05, 3.63) is 95.9 Å². The van der Waals surface area contributed by atoms with Crippen molar-refractivity contribution in [2.75, 3.05) is 0 Å². The fraction of sp³-hybridized carbons (Fsp3) is 0.125. The van der Waals surface area contributed by atoms with Gasteiger partial charge in [0, 0.05) is 0 Å². The summed E-state index contributed by atoms with van der Waals surface area (Å²) in [6.07, 6.45) is 1.81. The third kappa shape index (κ3) is 2.95. The number of rotatable bonds is 2. The van der Waals surface area contributed by atoms with Crippen molar-refractivity contribution < 1.29 is 0 Å². The van der Waals surface area contributed by atoms with Gasteiger partial charge in [-0.15, -0.1) is 11.3 Å². The van der Waals surface area contributed by atoms with Crippen LogP contribution in [0.15, 0.2) is 58.9 Å². The van der Waals surface area contributed by atoms with E-state index >= 15 is 0 Å². The van der Waals surface area contributed by atoms with E-state index in [2.05, 4.69) is 12.1 Å². The average Bonchev–Trinajstić information content (AvgIpc) is 3.06. The molecule has 0 spiro atoms. The van der Waals surface area contributed by atoms with Gasteiger partial charge in [-0.3, -0.25) is 9.36 Å². The van der Waals surface area contributed by atoms with E-state index in [-0.39, 0.29) is 17.0 Å². The number of fused-ring (bicyclic) bond motifs is 1. The Balaban J connectivity index is 2.10. The van der Waals surface area contributed by atoms with E-state index in [4.69, 9.17) is 5.73 Å². The quantitative estimate of drug-likeness (QED) is 0.702. The van der Waals surface area contributed by atoms with Gasteiger partial charge >= 0.3 is 0 Å². The van der Waals surface area contributed by atoms with Crippen LogP contribution >= 0.6 is 11.3 Å². The van der Waals surface area contributed by atoms with Crippen LogP contribution in [0.2, 0.25) is 0 Å². The molecule has 3 aromatic rings. The number of thiazole rings is 1. The molecule has 0 aliphatic carbocycles. The maximum Gasteiger partial charge on any atom is 0.274 e. The summed E-state index contributed by atoms with van der Waals surface area (Å²) in [7, 11) is 0. The first-order valence-corrected chi connectivity index (χ1v) is 10.2. The van der Waals surface area contributed by atoms with E-state index < -0.39 is 5.92 Å². The Morgan fingerprint density at radius 2 is 1.63 bits per heavy atom. The lowest BCUT2D eigenvalue weighted by Gasteiger charge is -2.23. The van der Waals surface area contributed by atoms with Gasteiger partial charge in [0.25, 0.3) is 5.56 Å². The zero-order valence-corrected chi connectivity index (χ0v) is 17.3. The van der Waals surface area contributed by atoms with Gasteiger partial charge in [0.2, 0.25) is 0 Å². The summed E-state index contributed by atoms with van der Waals surface area (Å²) in [5.74, 6) is -0.504. The molecule has 146 valence electrons. The van der Waals surface area contributed by atoms with Gasteiger partial charge < -0.3 is 5.73 Å². The first-order chi connectivity index (χ1) is 14.5. The van der Waals surface area contributed by atoms with Gasteiger partial charge in [0.05, 0.1) is 33.7 Å². The molecule has 6 heteroatoms. The van der Waals surface area contributed by atoms with Crippen molar-refractivity contribution in [1.29, 1.82) is 10.5 Å². The van der Waals surface area contributed by atoms with Crippen LogP contribution in [-0.2, 0) is 0 Å². The lowest BCUT2D eigenvalue weighted by atomic mass is 9.82. The zero-order valence-electron chi connectivity index (χ0n) is 16.5. The van der Waals surface area contributed by atoms with Crippen molar-refractivity contribution in [3.8, 4) is 12.1 Å². The Hall–Kier alpha value is -3.87. The summed E-state index contributed by atoms with van der Waals surface area (Å²) >= 11 is 1.23. The van der Waals surface area contributed by atoms with E-state index in [1.807, 2.05) is 68.5 Å². The summed E-state index contributed by atoms with van der Waals surface area (Å²) in [5, 5.41) is 19.9. The predicted octanol–water partition coefficient (Wildman–Crippen LogP) is 2.48. The number of hydrogen-bond donors (Lipinski definition) is 1. The van der Waals surface area contributed by atoms with E-state index in [0.717, 1.165) is 22.3 Å². The highest BCUT2D eigenvalue weighted by Gasteiger charge is 2.32. The molecule has 4 rings (SSSR count). The molecule has 2 heterocycles. The van der Waals surface area contributed by atoms with Crippen molar-refractivity contribution in [2.45, 2.75) is 19.8 Å². The molecule has 30 heavy (non-hydrogen) atoms. The lowest BCUT2D eigenvalue weighted by Crippen LogP contribution is -2.38. The number of nitrogens with two attached hydrogens (primary N) is 1. The van der Waals surface area contributed by atoms with E-state index in [9.17, 15) is 15.3 Å². The second-order valence-corrected chi connectivity index (χ2v) is 8.17. The van der Waals surface area contributed by atoms with E-state index in [1.165, 1.54) is 15.9 Å². The summed E-state index contributed by atoms with van der Waals surface area (Å²) < 4.78 is 2.26. The Labute approximate surface area is 177 Å².